The zero-order valence-corrected chi connectivity index (χ0v) is 13.1. The van der Waals surface area contributed by atoms with E-state index in [0.717, 1.165) is 21.6 Å². The number of imidazole rings is 1. The van der Waals surface area contributed by atoms with Gasteiger partial charge in [-0.15, -0.1) is 11.6 Å². The molecule has 2 aromatic carbocycles. The molecule has 0 aliphatic carbocycles. The van der Waals surface area contributed by atoms with Gasteiger partial charge in [-0.05, 0) is 30.3 Å². The van der Waals surface area contributed by atoms with E-state index >= 15 is 0 Å². The number of halogens is 4. The second-order valence-corrected chi connectivity index (χ2v) is 5.86. The lowest BCUT2D eigenvalue weighted by Gasteiger charge is -2.09. The Kier molecular flexibility index (Phi) is 3.95. The van der Waals surface area contributed by atoms with E-state index in [2.05, 4.69) is 20.9 Å². The van der Waals surface area contributed by atoms with Gasteiger partial charge in [-0.3, -0.25) is 4.57 Å². The van der Waals surface area contributed by atoms with Crippen molar-refractivity contribution in [2.45, 2.75) is 6.42 Å². The fraction of sp³-hybridized carbons (Fsp3) is 0.133. The number of hydrogen-bond donors (Lipinski definition) is 0. The van der Waals surface area contributed by atoms with E-state index < -0.39 is 11.6 Å². The summed E-state index contributed by atoms with van der Waals surface area (Å²) < 4.78 is 29.6. The fourth-order valence-electron chi connectivity index (χ4n) is 2.31. The summed E-state index contributed by atoms with van der Waals surface area (Å²) in [5.74, 6) is -0.206. The molecule has 0 bridgehead atoms. The van der Waals surface area contributed by atoms with Crippen molar-refractivity contribution < 1.29 is 8.78 Å². The molecular weight excluding hydrogens is 362 g/mol. The SMILES string of the molecule is Fc1cc(F)cc(-n2c(CCCl)nc3ccc(Br)cc32)c1. The van der Waals surface area contributed by atoms with Gasteiger partial charge in [0.1, 0.15) is 17.5 Å². The maximum Gasteiger partial charge on any atom is 0.128 e. The number of fused-ring (bicyclic) bond motifs is 1. The van der Waals surface area contributed by atoms with Crippen molar-refractivity contribution in [3.8, 4) is 5.69 Å². The Morgan fingerprint density at radius 2 is 1.81 bits per heavy atom. The van der Waals surface area contributed by atoms with E-state index in [1.54, 1.807) is 4.57 Å². The number of rotatable bonds is 3. The minimum atomic E-state index is -0.626. The molecule has 0 atom stereocenters. The molecule has 3 rings (SSSR count). The number of nitrogens with zero attached hydrogens (tertiary/aromatic N) is 2. The molecule has 1 aromatic heterocycles. The van der Waals surface area contributed by atoms with Crippen LogP contribution in [-0.4, -0.2) is 15.4 Å². The Morgan fingerprint density at radius 1 is 1.10 bits per heavy atom. The molecule has 0 spiro atoms. The highest BCUT2D eigenvalue weighted by Gasteiger charge is 2.14. The second kappa shape index (κ2) is 5.73. The van der Waals surface area contributed by atoms with Crippen molar-refractivity contribution in [1.29, 1.82) is 0 Å². The molecule has 0 saturated carbocycles. The summed E-state index contributed by atoms with van der Waals surface area (Å²) in [6.45, 7) is 0. The highest BCUT2D eigenvalue weighted by molar-refractivity contribution is 9.10. The molecular formula is C15H10BrClF2N2. The summed E-state index contributed by atoms with van der Waals surface area (Å²) in [7, 11) is 0. The largest absolute Gasteiger partial charge is 0.296 e. The van der Waals surface area contributed by atoms with Crippen LogP contribution in [0, 0.1) is 11.6 Å². The molecule has 6 heteroatoms. The lowest BCUT2D eigenvalue weighted by molar-refractivity contribution is 0.581. The maximum atomic E-state index is 13.5. The summed E-state index contributed by atoms with van der Waals surface area (Å²) in [4.78, 5) is 4.49. The Hall–Kier alpha value is -1.46. The normalized spacial score (nSPS) is 11.2. The number of benzene rings is 2. The number of alkyl halides is 1. The minimum Gasteiger partial charge on any atom is -0.296 e. The van der Waals surface area contributed by atoms with Crippen molar-refractivity contribution in [2.75, 3.05) is 5.88 Å². The Morgan fingerprint density at radius 3 is 2.48 bits per heavy atom. The lowest BCUT2D eigenvalue weighted by Crippen LogP contribution is -2.03. The van der Waals surface area contributed by atoms with Crippen LogP contribution in [0.2, 0.25) is 0 Å². The van der Waals surface area contributed by atoms with Crippen molar-refractivity contribution in [3.63, 3.8) is 0 Å². The third-order valence-corrected chi connectivity index (χ3v) is 3.79. The molecule has 21 heavy (non-hydrogen) atoms. The van der Waals surface area contributed by atoms with Crippen LogP contribution in [0.5, 0.6) is 0 Å². The molecule has 0 radical (unpaired) electrons. The Balaban J connectivity index is 2.32. The average Bonchev–Trinajstić information content (AvgIpc) is 2.75. The molecule has 3 aromatic rings. The highest BCUT2D eigenvalue weighted by atomic mass is 79.9. The van der Waals surface area contributed by atoms with Gasteiger partial charge in [0.05, 0.1) is 16.7 Å². The summed E-state index contributed by atoms with van der Waals surface area (Å²) in [6.07, 6.45) is 0.506. The smallest absolute Gasteiger partial charge is 0.128 e. The van der Waals surface area contributed by atoms with Crippen LogP contribution in [0.3, 0.4) is 0 Å². The van der Waals surface area contributed by atoms with E-state index in [0.29, 0.717) is 23.8 Å². The van der Waals surface area contributed by atoms with Gasteiger partial charge in [-0.25, -0.2) is 13.8 Å². The molecule has 0 amide bonds. The average molecular weight is 372 g/mol. The summed E-state index contributed by atoms with van der Waals surface area (Å²) in [6, 6.07) is 8.99. The molecule has 0 fully saturated rings. The zero-order valence-electron chi connectivity index (χ0n) is 10.8. The van der Waals surface area contributed by atoms with Crippen molar-refractivity contribution in [3.05, 3.63) is 58.3 Å². The van der Waals surface area contributed by atoms with E-state index in [1.165, 1.54) is 12.1 Å². The Bertz CT molecular complexity index is 797. The van der Waals surface area contributed by atoms with Crippen LogP contribution in [-0.2, 0) is 6.42 Å². The third-order valence-electron chi connectivity index (χ3n) is 3.11. The Labute approximate surface area is 133 Å². The first-order valence-electron chi connectivity index (χ1n) is 6.28. The zero-order chi connectivity index (χ0) is 15.0. The van der Waals surface area contributed by atoms with Crippen LogP contribution in [0.1, 0.15) is 5.82 Å². The molecule has 1 heterocycles. The molecule has 0 aliphatic heterocycles. The van der Waals surface area contributed by atoms with Crippen LogP contribution in [0.15, 0.2) is 40.9 Å². The molecule has 108 valence electrons. The van der Waals surface area contributed by atoms with Gasteiger partial charge in [0.15, 0.2) is 0 Å². The van der Waals surface area contributed by atoms with Crippen molar-refractivity contribution >= 4 is 38.6 Å². The first-order valence-corrected chi connectivity index (χ1v) is 7.60. The molecule has 2 nitrogen and oxygen atoms in total. The predicted molar refractivity (Wildman–Crippen MR) is 83.1 cm³/mol. The summed E-state index contributed by atoms with van der Waals surface area (Å²) >= 11 is 9.21. The maximum absolute atomic E-state index is 13.5. The number of aromatic nitrogens is 2. The summed E-state index contributed by atoms with van der Waals surface area (Å²) in [5, 5.41) is 0. The minimum absolute atomic E-state index is 0.377. The van der Waals surface area contributed by atoms with Gasteiger partial charge >= 0.3 is 0 Å². The highest BCUT2D eigenvalue weighted by Crippen LogP contribution is 2.26. The van der Waals surface area contributed by atoms with Crippen molar-refractivity contribution in [1.82, 2.24) is 9.55 Å². The third kappa shape index (κ3) is 2.80. The second-order valence-electron chi connectivity index (χ2n) is 4.56. The van der Waals surface area contributed by atoms with E-state index in [9.17, 15) is 8.78 Å². The quantitative estimate of drug-likeness (QED) is 0.602. The van der Waals surface area contributed by atoms with Crippen LogP contribution in [0.4, 0.5) is 8.78 Å². The van der Waals surface area contributed by atoms with Gasteiger partial charge in [-0.2, -0.15) is 0 Å². The number of aryl methyl sites for hydroxylation is 1. The first-order chi connectivity index (χ1) is 10.1. The standard InChI is InChI=1S/C15H10BrClF2N2/c16-9-1-2-13-14(5-9)21(15(20-13)3-4-17)12-7-10(18)6-11(19)8-12/h1-2,5-8H,3-4H2. The van der Waals surface area contributed by atoms with Gasteiger partial charge in [0, 0.05) is 22.8 Å². The summed E-state index contributed by atoms with van der Waals surface area (Å²) in [5.41, 5.74) is 1.92. The van der Waals surface area contributed by atoms with Crippen LogP contribution < -0.4 is 0 Å². The van der Waals surface area contributed by atoms with Gasteiger partial charge < -0.3 is 0 Å². The topological polar surface area (TPSA) is 17.8 Å². The fourth-order valence-corrected chi connectivity index (χ4v) is 2.83. The molecule has 0 saturated heterocycles. The molecule has 0 N–H and O–H groups in total. The van der Waals surface area contributed by atoms with Gasteiger partial charge in [0.25, 0.3) is 0 Å². The van der Waals surface area contributed by atoms with E-state index in [-0.39, 0.29) is 0 Å². The predicted octanol–water partition coefficient (Wildman–Crippen LogP) is 4.85. The first kappa shape index (κ1) is 14.5. The lowest BCUT2D eigenvalue weighted by atomic mass is 10.2. The van der Waals surface area contributed by atoms with E-state index in [1.807, 2.05) is 18.2 Å². The van der Waals surface area contributed by atoms with Crippen LogP contribution in [0.25, 0.3) is 16.7 Å². The van der Waals surface area contributed by atoms with Gasteiger partial charge in [-0.1, -0.05) is 15.9 Å². The molecule has 0 unspecified atom stereocenters. The monoisotopic (exact) mass is 370 g/mol. The van der Waals surface area contributed by atoms with Crippen LogP contribution >= 0.6 is 27.5 Å². The van der Waals surface area contributed by atoms with Gasteiger partial charge in [0.2, 0.25) is 0 Å². The number of hydrogen-bond acceptors (Lipinski definition) is 1. The molecule has 0 aliphatic rings. The van der Waals surface area contributed by atoms with Crippen molar-refractivity contribution in [2.24, 2.45) is 0 Å². The van der Waals surface area contributed by atoms with E-state index in [4.69, 9.17) is 11.6 Å².